The number of aromatic amines is 2. The molecule has 0 radical (unpaired) electrons. The molecule has 0 unspecified atom stereocenters. The molecule has 10 nitrogen and oxygen atoms in total. The summed E-state index contributed by atoms with van der Waals surface area (Å²) < 4.78 is 35.8. The van der Waals surface area contributed by atoms with Gasteiger partial charge in [0.1, 0.15) is 23.3 Å². The summed E-state index contributed by atoms with van der Waals surface area (Å²) in [4.78, 5) is 41.5. The Morgan fingerprint density at radius 2 is 1.55 bits per heavy atom. The number of hydrogen-bond donors (Lipinski definition) is 4. The van der Waals surface area contributed by atoms with Crippen LogP contribution < -0.4 is 11.1 Å². The molecule has 2 fully saturated rings. The molecule has 5 N–H and O–H groups in total. The third-order valence-corrected chi connectivity index (χ3v) is 8.38. The summed E-state index contributed by atoms with van der Waals surface area (Å²) in [5.74, 6) is -0.233. The number of likely N-dealkylation sites (tertiary alicyclic amines) is 1. The van der Waals surface area contributed by atoms with Gasteiger partial charge in [-0.25, -0.2) is 23.5 Å². The summed E-state index contributed by atoms with van der Waals surface area (Å²) in [5, 5.41) is 3.38. The van der Waals surface area contributed by atoms with Crippen LogP contribution in [-0.4, -0.2) is 56.0 Å². The van der Waals surface area contributed by atoms with Gasteiger partial charge in [0.2, 0.25) is 0 Å². The molecule has 0 aliphatic carbocycles. The number of aromatic nitrogens is 4. The van der Waals surface area contributed by atoms with E-state index in [4.69, 9.17) is 10.5 Å². The summed E-state index contributed by atoms with van der Waals surface area (Å²) in [6, 6.07) is 9.31. The minimum atomic E-state index is -1.01. The van der Waals surface area contributed by atoms with Gasteiger partial charge in [0.05, 0.1) is 35.9 Å². The average molecular weight is 604 g/mol. The van der Waals surface area contributed by atoms with Gasteiger partial charge in [-0.1, -0.05) is 26.0 Å². The molecule has 4 aromatic rings. The minimum absolute atomic E-state index is 0.151. The lowest BCUT2D eigenvalue weighted by atomic mass is 10.00. The Hall–Kier alpha value is -4.58. The van der Waals surface area contributed by atoms with Crippen molar-refractivity contribution >= 4 is 12.0 Å². The molecule has 12 heteroatoms. The Morgan fingerprint density at radius 1 is 0.932 bits per heavy atom. The fourth-order valence-electron chi connectivity index (χ4n) is 6.11. The topological polar surface area (TPSA) is 142 Å². The number of nitrogens with one attached hydrogen (secondary N) is 3. The molecule has 4 heterocycles. The van der Waals surface area contributed by atoms with Crippen LogP contribution in [0.1, 0.15) is 63.3 Å². The van der Waals surface area contributed by atoms with Gasteiger partial charge in [-0.2, -0.15) is 0 Å². The zero-order valence-corrected chi connectivity index (χ0v) is 24.6. The van der Waals surface area contributed by atoms with Crippen LogP contribution >= 0.6 is 0 Å². The summed E-state index contributed by atoms with van der Waals surface area (Å²) in [6.07, 6.45) is 4.62. The number of rotatable bonds is 8. The quantitative estimate of drug-likeness (QED) is 0.206. The number of imidazole rings is 2. The number of carbonyl (C=O) groups excluding carboxylic acids is 2. The maximum atomic E-state index is 15.4. The highest BCUT2D eigenvalue weighted by Gasteiger charge is 2.38. The normalized spacial score (nSPS) is 19.1. The number of hydrogen-bond acceptors (Lipinski definition) is 6. The van der Waals surface area contributed by atoms with Crippen LogP contribution in [0.25, 0.3) is 33.6 Å². The van der Waals surface area contributed by atoms with E-state index in [0.29, 0.717) is 52.4 Å². The number of H-pyrrole nitrogens is 2. The van der Waals surface area contributed by atoms with E-state index in [1.165, 1.54) is 18.3 Å². The first-order valence-corrected chi connectivity index (χ1v) is 14.9. The Kier molecular flexibility index (Phi) is 8.17. The zero-order valence-electron chi connectivity index (χ0n) is 24.6. The van der Waals surface area contributed by atoms with Crippen LogP contribution in [-0.2, 0) is 9.53 Å². The van der Waals surface area contributed by atoms with Crippen molar-refractivity contribution < 1.29 is 23.1 Å². The van der Waals surface area contributed by atoms with Gasteiger partial charge < -0.3 is 30.7 Å². The standard InChI is InChI=1S/C32H35F2N7O3/c1-17(2)28(44-32(35)43)31(42)41-12-4-6-27(41)30-38-16-26(40-30)21-10-8-19(14-23(21)34)18-7-9-20(22(33)13-18)25-15-37-29(39-25)24-5-3-11-36-24/h7-10,13-17,24,27-28,36H,3-6,11-12H2,1-2H3,(H2,35,43)(H,37,39)(H,38,40)/t24-,27-,28-/m0/s1. The molecule has 0 saturated carbocycles. The number of carbonyl (C=O) groups is 2. The van der Waals surface area contributed by atoms with E-state index in [0.717, 1.165) is 31.6 Å². The third kappa shape index (κ3) is 5.81. The van der Waals surface area contributed by atoms with Gasteiger partial charge in [-0.15, -0.1) is 0 Å². The number of benzene rings is 2. The van der Waals surface area contributed by atoms with E-state index >= 15 is 8.78 Å². The predicted octanol–water partition coefficient (Wildman–Crippen LogP) is 5.62. The molecular formula is C32H35F2N7O3. The van der Waals surface area contributed by atoms with Crippen molar-refractivity contribution in [2.24, 2.45) is 11.7 Å². The number of nitrogens with two attached hydrogens (primary N) is 1. The van der Waals surface area contributed by atoms with Crippen LogP contribution in [0, 0.1) is 17.6 Å². The number of nitrogens with zero attached hydrogens (tertiary/aromatic N) is 3. The van der Waals surface area contributed by atoms with Crippen molar-refractivity contribution in [3.8, 4) is 33.6 Å². The number of ether oxygens (including phenoxy) is 1. The summed E-state index contributed by atoms with van der Waals surface area (Å²) >= 11 is 0. The second-order valence-electron chi connectivity index (χ2n) is 11.7. The lowest BCUT2D eigenvalue weighted by Gasteiger charge is -2.29. The maximum Gasteiger partial charge on any atom is 0.405 e. The number of halogens is 2. The highest BCUT2D eigenvalue weighted by atomic mass is 19.1. The Bertz CT molecular complexity index is 1680. The van der Waals surface area contributed by atoms with E-state index < -0.39 is 23.8 Å². The van der Waals surface area contributed by atoms with Crippen LogP contribution in [0.2, 0.25) is 0 Å². The molecule has 2 aliphatic heterocycles. The Balaban J connectivity index is 1.19. The maximum absolute atomic E-state index is 15.4. The Labute approximate surface area is 253 Å². The van der Waals surface area contributed by atoms with Crippen LogP contribution in [0.15, 0.2) is 48.8 Å². The molecule has 2 amide bonds. The van der Waals surface area contributed by atoms with Gasteiger partial charge in [0.25, 0.3) is 5.91 Å². The molecule has 2 aliphatic rings. The van der Waals surface area contributed by atoms with Crippen molar-refractivity contribution in [2.45, 2.75) is 57.7 Å². The minimum Gasteiger partial charge on any atom is -0.436 e. The van der Waals surface area contributed by atoms with Gasteiger partial charge in [-0.3, -0.25) is 4.79 Å². The molecule has 230 valence electrons. The molecule has 2 aromatic carbocycles. The summed E-state index contributed by atoms with van der Waals surface area (Å²) in [6.45, 7) is 4.97. The first kappa shape index (κ1) is 29.5. The molecule has 2 aromatic heterocycles. The molecule has 0 spiro atoms. The van der Waals surface area contributed by atoms with Gasteiger partial charge in [0.15, 0.2) is 6.10 Å². The van der Waals surface area contributed by atoms with Crippen molar-refractivity contribution in [1.29, 1.82) is 0 Å². The molecule has 3 atom stereocenters. The molecular weight excluding hydrogens is 568 g/mol. The fraction of sp³-hybridized carbons (Fsp3) is 0.375. The smallest absolute Gasteiger partial charge is 0.405 e. The lowest BCUT2D eigenvalue weighted by molar-refractivity contribution is -0.143. The molecule has 6 rings (SSSR count). The van der Waals surface area contributed by atoms with Crippen molar-refractivity contribution in [3.63, 3.8) is 0 Å². The fourth-order valence-corrected chi connectivity index (χ4v) is 6.11. The van der Waals surface area contributed by atoms with Crippen molar-refractivity contribution in [1.82, 2.24) is 30.2 Å². The Morgan fingerprint density at radius 3 is 2.09 bits per heavy atom. The molecule has 44 heavy (non-hydrogen) atoms. The highest BCUT2D eigenvalue weighted by molar-refractivity contribution is 5.84. The number of amides is 2. The van der Waals surface area contributed by atoms with Crippen LogP contribution in [0.3, 0.4) is 0 Å². The van der Waals surface area contributed by atoms with E-state index in [2.05, 4.69) is 25.3 Å². The monoisotopic (exact) mass is 603 g/mol. The van der Waals surface area contributed by atoms with Crippen LogP contribution in [0.5, 0.6) is 0 Å². The van der Waals surface area contributed by atoms with E-state index in [9.17, 15) is 9.59 Å². The predicted molar refractivity (Wildman–Crippen MR) is 160 cm³/mol. The van der Waals surface area contributed by atoms with Crippen LogP contribution in [0.4, 0.5) is 13.6 Å². The first-order chi connectivity index (χ1) is 21.2. The molecule has 0 bridgehead atoms. The van der Waals surface area contributed by atoms with Gasteiger partial charge in [0, 0.05) is 17.7 Å². The third-order valence-electron chi connectivity index (χ3n) is 8.38. The summed E-state index contributed by atoms with van der Waals surface area (Å²) in [5.41, 5.74) is 7.99. The largest absolute Gasteiger partial charge is 0.436 e. The van der Waals surface area contributed by atoms with Crippen molar-refractivity contribution in [3.05, 3.63) is 72.1 Å². The second kappa shape index (κ2) is 12.2. The SMILES string of the molecule is CC(C)[C@H](OC(N)=O)C(=O)N1CCC[C@H]1c1ncc(-c2ccc(-c3ccc(-c4cnc([C@@H]5CCCN5)[nH]4)c(F)c3)cc2F)[nH]1. The highest BCUT2D eigenvalue weighted by Crippen LogP contribution is 2.35. The molecule has 2 saturated heterocycles. The summed E-state index contributed by atoms with van der Waals surface area (Å²) in [7, 11) is 0. The van der Waals surface area contributed by atoms with E-state index in [-0.39, 0.29) is 23.9 Å². The zero-order chi connectivity index (χ0) is 31.0. The van der Waals surface area contributed by atoms with Crippen molar-refractivity contribution in [2.75, 3.05) is 13.1 Å². The lowest BCUT2D eigenvalue weighted by Crippen LogP contribution is -2.44. The second-order valence-corrected chi connectivity index (χ2v) is 11.7. The van der Waals surface area contributed by atoms with E-state index in [1.807, 2.05) is 0 Å². The average Bonchev–Trinajstić information content (AvgIpc) is 3.82. The van der Waals surface area contributed by atoms with Gasteiger partial charge in [-0.05, 0) is 73.5 Å². The first-order valence-electron chi connectivity index (χ1n) is 14.9. The van der Waals surface area contributed by atoms with Gasteiger partial charge >= 0.3 is 6.09 Å². The number of primary amides is 1. The van der Waals surface area contributed by atoms with E-state index in [1.54, 1.807) is 49.2 Å².